The fourth-order valence-electron chi connectivity index (χ4n) is 2.91. The van der Waals surface area contributed by atoms with Gasteiger partial charge in [0.2, 0.25) is 0 Å². The van der Waals surface area contributed by atoms with Gasteiger partial charge in [0.15, 0.2) is 0 Å². The fourth-order valence-corrected chi connectivity index (χ4v) is 2.91. The Balaban J connectivity index is 1.79. The molecule has 0 fully saturated rings. The number of nitrogens with two attached hydrogens (primary N) is 1. The highest BCUT2D eigenvalue weighted by Gasteiger charge is 2.11. The second kappa shape index (κ2) is 5.70. The number of fused-ring (bicyclic) bond motifs is 1. The van der Waals surface area contributed by atoms with Crippen molar-refractivity contribution in [2.24, 2.45) is 5.73 Å². The molecule has 2 N–H and O–H groups in total. The number of rotatable bonds is 4. The summed E-state index contributed by atoms with van der Waals surface area (Å²) in [6.07, 6.45) is 2.78. The molecule has 1 heterocycles. The summed E-state index contributed by atoms with van der Waals surface area (Å²) in [5.41, 5.74) is 12.6. The molecule has 0 spiro atoms. The molecule has 0 aliphatic carbocycles. The average Bonchev–Trinajstić information content (AvgIpc) is 2.87. The van der Waals surface area contributed by atoms with Gasteiger partial charge in [0.1, 0.15) is 0 Å². The number of benzene rings is 2. The van der Waals surface area contributed by atoms with E-state index in [-0.39, 0.29) is 6.04 Å². The normalized spacial score (nSPS) is 12.7. The van der Waals surface area contributed by atoms with Gasteiger partial charge in [0.05, 0.1) is 17.4 Å². The number of hydrogen-bond donors (Lipinski definition) is 1. The van der Waals surface area contributed by atoms with Crippen LogP contribution < -0.4 is 5.73 Å². The Hall–Kier alpha value is -2.13. The monoisotopic (exact) mass is 279 g/mol. The van der Waals surface area contributed by atoms with Gasteiger partial charge in [0, 0.05) is 12.6 Å². The molecule has 2 aromatic carbocycles. The van der Waals surface area contributed by atoms with Crippen LogP contribution in [0.3, 0.4) is 0 Å². The van der Waals surface area contributed by atoms with Crippen LogP contribution in [0.4, 0.5) is 0 Å². The first-order chi connectivity index (χ1) is 10.1. The lowest BCUT2D eigenvalue weighted by Crippen LogP contribution is -2.29. The number of para-hydroxylation sites is 2. The Kier molecular flexibility index (Phi) is 3.76. The van der Waals surface area contributed by atoms with Gasteiger partial charge >= 0.3 is 0 Å². The summed E-state index contributed by atoms with van der Waals surface area (Å²) < 4.78 is 2.15. The third-order valence-corrected chi connectivity index (χ3v) is 4.07. The van der Waals surface area contributed by atoms with Crippen LogP contribution >= 0.6 is 0 Å². The maximum absolute atomic E-state index is 6.38. The van der Waals surface area contributed by atoms with E-state index in [0.717, 1.165) is 24.0 Å². The first-order valence-corrected chi connectivity index (χ1v) is 7.35. The maximum Gasteiger partial charge on any atom is 0.0958 e. The zero-order chi connectivity index (χ0) is 14.8. The topological polar surface area (TPSA) is 43.8 Å². The van der Waals surface area contributed by atoms with Crippen LogP contribution in [-0.4, -0.2) is 15.6 Å². The summed E-state index contributed by atoms with van der Waals surface area (Å²) in [5.74, 6) is 0. The Morgan fingerprint density at radius 3 is 2.52 bits per heavy atom. The van der Waals surface area contributed by atoms with Crippen molar-refractivity contribution >= 4 is 11.0 Å². The van der Waals surface area contributed by atoms with Crippen molar-refractivity contribution in [3.63, 3.8) is 0 Å². The van der Waals surface area contributed by atoms with Crippen molar-refractivity contribution in [1.29, 1.82) is 0 Å². The molecule has 0 amide bonds. The van der Waals surface area contributed by atoms with E-state index < -0.39 is 0 Å². The highest BCUT2D eigenvalue weighted by Crippen LogP contribution is 2.17. The molecule has 0 radical (unpaired) electrons. The van der Waals surface area contributed by atoms with Gasteiger partial charge < -0.3 is 10.3 Å². The predicted molar refractivity (Wildman–Crippen MR) is 87.3 cm³/mol. The quantitative estimate of drug-likeness (QED) is 0.797. The van der Waals surface area contributed by atoms with Gasteiger partial charge in [-0.1, -0.05) is 30.3 Å². The minimum absolute atomic E-state index is 0.0856. The average molecular weight is 279 g/mol. The molecule has 0 bridgehead atoms. The summed E-state index contributed by atoms with van der Waals surface area (Å²) in [4.78, 5) is 4.42. The van der Waals surface area contributed by atoms with Gasteiger partial charge in [-0.25, -0.2) is 4.98 Å². The molecule has 1 unspecified atom stereocenters. The van der Waals surface area contributed by atoms with Crippen LogP contribution in [0.2, 0.25) is 0 Å². The molecule has 3 nitrogen and oxygen atoms in total. The maximum atomic E-state index is 6.38. The second-order valence-electron chi connectivity index (χ2n) is 5.72. The first-order valence-electron chi connectivity index (χ1n) is 7.35. The Morgan fingerprint density at radius 2 is 1.76 bits per heavy atom. The molecular formula is C18H21N3. The van der Waals surface area contributed by atoms with E-state index >= 15 is 0 Å². The fraction of sp³-hybridized carbons (Fsp3) is 0.278. The number of aromatic nitrogens is 2. The van der Waals surface area contributed by atoms with E-state index in [0.29, 0.717) is 0 Å². The van der Waals surface area contributed by atoms with E-state index in [1.807, 2.05) is 24.5 Å². The molecule has 1 aromatic heterocycles. The van der Waals surface area contributed by atoms with Crippen molar-refractivity contribution in [1.82, 2.24) is 9.55 Å². The number of imidazole rings is 1. The zero-order valence-corrected chi connectivity index (χ0v) is 12.6. The van der Waals surface area contributed by atoms with Crippen molar-refractivity contribution < 1.29 is 0 Å². The van der Waals surface area contributed by atoms with Crippen molar-refractivity contribution in [2.45, 2.75) is 32.9 Å². The summed E-state index contributed by atoms with van der Waals surface area (Å²) in [6.45, 7) is 5.09. The van der Waals surface area contributed by atoms with Crippen LogP contribution in [0, 0.1) is 13.8 Å². The number of aryl methyl sites for hydroxylation is 2. The van der Waals surface area contributed by atoms with Gasteiger partial charge in [-0.15, -0.1) is 0 Å². The smallest absolute Gasteiger partial charge is 0.0958 e. The third-order valence-electron chi connectivity index (χ3n) is 4.07. The van der Waals surface area contributed by atoms with E-state index in [1.165, 1.54) is 16.7 Å². The van der Waals surface area contributed by atoms with Crippen LogP contribution in [0.25, 0.3) is 11.0 Å². The van der Waals surface area contributed by atoms with Crippen LogP contribution in [0.5, 0.6) is 0 Å². The lowest BCUT2D eigenvalue weighted by atomic mass is 9.97. The molecule has 0 aliphatic rings. The first kappa shape index (κ1) is 13.8. The van der Waals surface area contributed by atoms with E-state index in [9.17, 15) is 0 Å². The molecule has 3 heteroatoms. The highest BCUT2D eigenvalue weighted by molar-refractivity contribution is 5.74. The van der Waals surface area contributed by atoms with Gasteiger partial charge in [0.25, 0.3) is 0 Å². The van der Waals surface area contributed by atoms with Crippen molar-refractivity contribution in [2.75, 3.05) is 0 Å². The highest BCUT2D eigenvalue weighted by atomic mass is 15.1. The molecule has 3 aromatic rings. The molecule has 21 heavy (non-hydrogen) atoms. The largest absolute Gasteiger partial charge is 0.329 e. The molecule has 108 valence electrons. The molecular weight excluding hydrogens is 258 g/mol. The molecule has 1 atom stereocenters. The Labute approximate surface area is 125 Å². The third kappa shape index (κ3) is 2.83. The summed E-state index contributed by atoms with van der Waals surface area (Å²) in [7, 11) is 0. The Morgan fingerprint density at radius 1 is 1.05 bits per heavy atom. The van der Waals surface area contributed by atoms with Gasteiger partial charge in [-0.3, -0.25) is 0 Å². The predicted octanol–water partition coefficient (Wildman–Crippen LogP) is 3.22. The lowest BCUT2D eigenvalue weighted by molar-refractivity contribution is 0.557. The number of nitrogens with zero attached hydrogens (tertiary/aromatic N) is 2. The van der Waals surface area contributed by atoms with E-state index in [1.54, 1.807) is 0 Å². The zero-order valence-electron chi connectivity index (χ0n) is 12.6. The van der Waals surface area contributed by atoms with Gasteiger partial charge in [-0.2, -0.15) is 0 Å². The van der Waals surface area contributed by atoms with E-state index in [4.69, 9.17) is 5.73 Å². The summed E-state index contributed by atoms with van der Waals surface area (Å²) in [6, 6.07) is 14.7. The standard InChI is InChI=1S/C18H21N3/c1-13-6-5-7-14(2)16(13)10-15(19)11-21-12-20-17-8-3-4-9-18(17)21/h3-9,12,15H,10-11,19H2,1-2H3. The van der Waals surface area contributed by atoms with Gasteiger partial charge in [-0.05, 0) is 49.1 Å². The second-order valence-corrected chi connectivity index (χ2v) is 5.72. The Bertz CT molecular complexity index is 738. The summed E-state index contributed by atoms with van der Waals surface area (Å²) >= 11 is 0. The minimum Gasteiger partial charge on any atom is -0.329 e. The molecule has 0 saturated carbocycles. The number of hydrogen-bond acceptors (Lipinski definition) is 2. The minimum atomic E-state index is 0.0856. The summed E-state index contributed by atoms with van der Waals surface area (Å²) in [5, 5.41) is 0. The molecule has 0 aliphatic heterocycles. The molecule has 3 rings (SSSR count). The van der Waals surface area contributed by atoms with E-state index in [2.05, 4.69) is 47.7 Å². The van der Waals surface area contributed by atoms with Crippen LogP contribution in [-0.2, 0) is 13.0 Å². The van der Waals surface area contributed by atoms with Crippen molar-refractivity contribution in [3.05, 3.63) is 65.5 Å². The lowest BCUT2D eigenvalue weighted by Gasteiger charge is -2.16. The van der Waals surface area contributed by atoms with Crippen LogP contribution in [0.15, 0.2) is 48.8 Å². The van der Waals surface area contributed by atoms with Crippen LogP contribution in [0.1, 0.15) is 16.7 Å². The van der Waals surface area contributed by atoms with Crippen molar-refractivity contribution in [3.8, 4) is 0 Å². The SMILES string of the molecule is Cc1cccc(C)c1CC(N)Cn1cnc2ccccc21. The molecule has 0 saturated heterocycles.